The van der Waals surface area contributed by atoms with Crippen LogP contribution in [-0.4, -0.2) is 11.1 Å². The molecule has 0 aliphatic rings. The van der Waals surface area contributed by atoms with Gasteiger partial charge in [0.15, 0.2) is 0 Å². The molecule has 0 aliphatic heterocycles. The Hall–Kier alpha value is -2.75. The Morgan fingerprint density at radius 3 is 2.65 bits per heavy atom. The topological polar surface area (TPSA) is 59.7 Å². The lowest BCUT2D eigenvalue weighted by atomic mass is 10.1. The molecule has 4 heteroatoms. The molecule has 100 valence electrons. The molecular formula is C16H12O4. The molecule has 0 aliphatic carbocycles. The monoisotopic (exact) mass is 268 g/mol. The lowest BCUT2D eigenvalue weighted by Gasteiger charge is -2.02. The minimum absolute atomic E-state index is 0.234. The molecule has 0 saturated carbocycles. The normalized spacial score (nSPS) is 10.6. The van der Waals surface area contributed by atoms with Gasteiger partial charge in [-0.1, -0.05) is 24.3 Å². The summed E-state index contributed by atoms with van der Waals surface area (Å²) in [6.07, 6.45) is 0. The summed E-state index contributed by atoms with van der Waals surface area (Å²) in [5.74, 6) is 0.371. The third-order valence-corrected chi connectivity index (χ3v) is 2.97. The summed E-state index contributed by atoms with van der Waals surface area (Å²) < 4.78 is 11.2. The van der Waals surface area contributed by atoms with Gasteiger partial charge in [0.2, 0.25) is 0 Å². The first-order valence-corrected chi connectivity index (χ1v) is 6.16. The lowest BCUT2D eigenvalue weighted by Crippen LogP contribution is -1.95. The second-order valence-corrected chi connectivity index (χ2v) is 4.34. The number of para-hydroxylation sites is 1. The molecule has 0 fully saturated rings. The van der Waals surface area contributed by atoms with Crippen LogP contribution in [0.15, 0.2) is 59.0 Å². The molecule has 0 unspecified atom stereocenters. The fourth-order valence-corrected chi connectivity index (χ4v) is 2.04. The average Bonchev–Trinajstić information content (AvgIpc) is 2.88. The van der Waals surface area contributed by atoms with Gasteiger partial charge in [-0.3, -0.25) is 0 Å². The molecule has 4 nitrogen and oxygen atoms in total. The minimum atomic E-state index is -0.966. The van der Waals surface area contributed by atoms with Gasteiger partial charge >= 0.3 is 5.97 Å². The van der Waals surface area contributed by atoms with Crippen molar-refractivity contribution in [1.29, 1.82) is 0 Å². The van der Waals surface area contributed by atoms with E-state index in [4.69, 9.17) is 14.3 Å². The number of carboxylic acids is 1. The Morgan fingerprint density at radius 1 is 1.10 bits per heavy atom. The first kappa shape index (κ1) is 12.3. The average molecular weight is 268 g/mol. The van der Waals surface area contributed by atoms with E-state index in [0.29, 0.717) is 16.7 Å². The van der Waals surface area contributed by atoms with Crippen molar-refractivity contribution in [2.24, 2.45) is 0 Å². The summed E-state index contributed by atoms with van der Waals surface area (Å²) in [6.45, 7) is 0.262. The van der Waals surface area contributed by atoms with E-state index in [1.807, 2.05) is 30.3 Å². The highest BCUT2D eigenvalue weighted by Gasteiger charge is 2.12. The van der Waals surface area contributed by atoms with Crippen molar-refractivity contribution in [3.05, 3.63) is 65.9 Å². The quantitative estimate of drug-likeness (QED) is 0.783. The third-order valence-electron chi connectivity index (χ3n) is 2.97. The number of ether oxygens (including phenoxy) is 1. The van der Waals surface area contributed by atoms with E-state index in [-0.39, 0.29) is 12.2 Å². The smallest absolute Gasteiger partial charge is 0.336 e. The number of fused-ring (bicyclic) bond motifs is 1. The number of hydrogen-bond acceptors (Lipinski definition) is 3. The largest absolute Gasteiger partial charge is 0.486 e. The molecule has 0 radical (unpaired) electrons. The number of carbonyl (C=O) groups is 1. The van der Waals surface area contributed by atoms with Crippen LogP contribution in [-0.2, 0) is 6.61 Å². The number of rotatable bonds is 4. The maximum Gasteiger partial charge on any atom is 0.336 e. The highest BCUT2D eigenvalue weighted by molar-refractivity contribution is 6.02. The molecule has 0 spiro atoms. The van der Waals surface area contributed by atoms with E-state index in [9.17, 15) is 4.79 Å². The molecule has 1 N–H and O–H groups in total. The molecule has 1 aromatic heterocycles. The minimum Gasteiger partial charge on any atom is -0.486 e. The van der Waals surface area contributed by atoms with Crippen LogP contribution >= 0.6 is 0 Å². The van der Waals surface area contributed by atoms with Gasteiger partial charge in [-0.15, -0.1) is 0 Å². The van der Waals surface area contributed by atoms with Crippen LogP contribution in [0.4, 0.5) is 0 Å². The Kier molecular flexibility index (Phi) is 3.13. The third kappa shape index (κ3) is 2.36. The number of aromatic carboxylic acids is 1. The summed E-state index contributed by atoms with van der Waals surface area (Å²) in [6, 6.07) is 16.1. The number of hydrogen-bond donors (Lipinski definition) is 1. The molecule has 0 saturated heterocycles. The van der Waals surface area contributed by atoms with Gasteiger partial charge in [0.25, 0.3) is 0 Å². The summed E-state index contributed by atoms with van der Waals surface area (Å²) >= 11 is 0. The van der Waals surface area contributed by atoms with Crippen molar-refractivity contribution >= 4 is 16.9 Å². The molecule has 20 heavy (non-hydrogen) atoms. The predicted molar refractivity (Wildman–Crippen MR) is 73.9 cm³/mol. The highest BCUT2D eigenvalue weighted by Crippen LogP contribution is 2.24. The fraction of sp³-hybridized carbons (Fsp3) is 0.0625. The van der Waals surface area contributed by atoms with Crippen LogP contribution in [0, 0.1) is 0 Å². The standard InChI is InChI=1S/C16H12O4/c17-16(18)13-7-4-8-15-14(13)9-12(20-15)10-19-11-5-2-1-3-6-11/h1-9H,10H2,(H,17,18). The van der Waals surface area contributed by atoms with E-state index in [0.717, 1.165) is 5.75 Å². The Morgan fingerprint density at radius 2 is 1.90 bits per heavy atom. The summed E-state index contributed by atoms with van der Waals surface area (Å²) in [4.78, 5) is 11.1. The number of benzene rings is 2. The maximum atomic E-state index is 11.1. The van der Waals surface area contributed by atoms with E-state index < -0.39 is 5.97 Å². The molecule has 0 amide bonds. The SMILES string of the molecule is O=C(O)c1cccc2oc(COc3ccccc3)cc12. The van der Waals surface area contributed by atoms with Crippen LogP contribution in [0.1, 0.15) is 16.1 Å². The van der Waals surface area contributed by atoms with Gasteiger partial charge in [-0.25, -0.2) is 4.79 Å². The van der Waals surface area contributed by atoms with Crippen molar-refractivity contribution in [2.45, 2.75) is 6.61 Å². The van der Waals surface area contributed by atoms with Crippen LogP contribution < -0.4 is 4.74 Å². The zero-order chi connectivity index (χ0) is 13.9. The van der Waals surface area contributed by atoms with Crippen LogP contribution in [0.25, 0.3) is 11.0 Å². The Balaban J connectivity index is 1.86. The molecule has 2 aromatic carbocycles. The zero-order valence-corrected chi connectivity index (χ0v) is 10.6. The molecule has 3 aromatic rings. The van der Waals surface area contributed by atoms with Crippen molar-refractivity contribution in [3.8, 4) is 5.75 Å². The summed E-state index contributed by atoms with van der Waals surface area (Å²) in [7, 11) is 0. The molecule has 3 rings (SSSR count). The van der Waals surface area contributed by atoms with E-state index in [1.165, 1.54) is 0 Å². The van der Waals surface area contributed by atoms with Crippen molar-refractivity contribution in [2.75, 3.05) is 0 Å². The number of carboxylic acid groups (broad SMARTS) is 1. The van der Waals surface area contributed by atoms with E-state index >= 15 is 0 Å². The predicted octanol–water partition coefficient (Wildman–Crippen LogP) is 3.71. The Labute approximate surface area is 115 Å². The van der Waals surface area contributed by atoms with Gasteiger partial charge in [-0.2, -0.15) is 0 Å². The number of furan rings is 1. The van der Waals surface area contributed by atoms with E-state index in [1.54, 1.807) is 24.3 Å². The van der Waals surface area contributed by atoms with Crippen molar-refractivity contribution in [1.82, 2.24) is 0 Å². The van der Waals surface area contributed by atoms with Crippen molar-refractivity contribution < 1.29 is 19.1 Å². The van der Waals surface area contributed by atoms with Gasteiger partial charge in [-0.05, 0) is 30.3 Å². The van der Waals surface area contributed by atoms with Gasteiger partial charge in [0.1, 0.15) is 23.7 Å². The fourth-order valence-electron chi connectivity index (χ4n) is 2.04. The van der Waals surface area contributed by atoms with Crippen molar-refractivity contribution in [3.63, 3.8) is 0 Å². The highest BCUT2D eigenvalue weighted by atomic mass is 16.5. The first-order valence-electron chi connectivity index (χ1n) is 6.16. The molecule has 1 heterocycles. The van der Waals surface area contributed by atoms with Gasteiger partial charge in [0, 0.05) is 5.39 Å². The lowest BCUT2D eigenvalue weighted by molar-refractivity contribution is 0.0699. The molecular weight excluding hydrogens is 256 g/mol. The second kappa shape index (κ2) is 5.09. The van der Waals surface area contributed by atoms with Gasteiger partial charge in [0.05, 0.1) is 5.56 Å². The molecule has 0 atom stereocenters. The zero-order valence-electron chi connectivity index (χ0n) is 10.6. The summed E-state index contributed by atoms with van der Waals surface area (Å²) in [5.41, 5.74) is 0.786. The second-order valence-electron chi connectivity index (χ2n) is 4.34. The summed E-state index contributed by atoms with van der Waals surface area (Å²) in [5, 5.41) is 9.72. The van der Waals surface area contributed by atoms with Gasteiger partial charge < -0.3 is 14.3 Å². The maximum absolute atomic E-state index is 11.1. The van der Waals surface area contributed by atoms with Crippen LogP contribution in [0.3, 0.4) is 0 Å². The first-order chi connectivity index (χ1) is 9.74. The van der Waals surface area contributed by atoms with Crippen LogP contribution in [0.2, 0.25) is 0 Å². The molecule has 0 bridgehead atoms. The Bertz CT molecular complexity index is 744. The van der Waals surface area contributed by atoms with Crippen LogP contribution in [0.5, 0.6) is 5.75 Å². The van der Waals surface area contributed by atoms with E-state index in [2.05, 4.69) is 0 Å².